The molecule has 0 unspecified atom stereocenters. The van der Waals surface area contributed by atoms with Crippen molar-refractivity contribution in [1.82, 2.24) is 0 Å². The van der Waals surface area contributed by atoms with E-state index in [1.165, 1.54) is 0 Å². The molecule has 0 radical (unpaired) electrons. The van der Waals surface area contributed by atoms with Crippen molar-refractivity contribution in [1.29, 1.82) is 0 Å². The van der Waals surface area contributed by atoms with Crippen molar-refractivity contribution >= 4 is 34.8 Å². The zero-order chi connectivity index (χ0) is 34.2. The topological polar surface area (TPSA) is 148 Å². The molecular weight excluding hydrogens is 616 g/mol. The molecular formula is C39H46N6O4. The van der Waals surface area contributed by atoms with Gasteiger partial charge in [-0.15, -0.1) is 5.11 Å². The van der Waals surface area contributed by atoms with Crippen LogP contribution in [-0.4, -0.2) is 49.9 Å². The van der Waals surface area contributed by atoms with Crippen molar-refractivity contribution in [2.45, 2.75) is 58.3 Å². The van der Waals surface area contributed by atoms with Gasteiger partial charge >= 0.3 is 0 Å². The van der Waals surface area contributed by atoms with Crippen LogP contribution in [0.4, 0.5) is 11.4 Å². The predicted molar refractivity (Wildman–Crippen MR) is 191 cm³/mol. The second kappa shape index (κ2) is 16.2. The number of carbonyl (C=O) groups is 3. The number of Topliss-reactive ketones (excluding diaryl/α,β-unsaturated/α-hetero) is 1. The quantitative estimate of drug-likeness (QED) is 0.197. The van der Waals surface area contributed by atoms with E-state index in [1.54, 1.807) is 0 Å². The van der Waals surface area contributed by atoms with Crippen LogP contribution in [0.25, 0.3) is 11.1 Å². The number of azo groups is 1. The maximum atomic E-state index is 13.8. The Morgan fingerprint density at radius 3 is 2.20 bits per heavy atom. The van der Waals surface area contributed by atoms with Gasteiger partial charge in [-0.05, 0) is 117 Å². The summed E-state index contributed by atoms with van der Waals surface area (Å²) in [4.78, 5) is 44.5. The summed E-state index contributed by atoms with van der Waals surface area (Å²) in [6, 6.07) is 21.6. The van der Waals surface area contributed by atoms with Gasteiger partial charge in [-0.2, -0.15) is 5.11 Å². The number of nitrogens with one attached hydrogen (secondary N) is 2. The maximum Gasteiger partial charge on any atom is 0.228 e. The van der Waals surface area contributed by atoms with Crippen LogP contribution in [0.1, 0.15) is 61.6 Å². The number of anilines is 2. The molecule has 3 aliphatic rings. The number of nitrogens with two attached hydrogens (primary N) is 1. The Balaban J connectivity index is 1.15. The Kier molecular flexibility index (Phi) is 11.4. The third-order valence-corrected chi connectivity index (χ3v) is 10.2. The minimum atomic E-state index is -0.523. The average molecular weight is 663 g/mol. The molecule has 0 spiro atoms. The molecule has 1 aliphatic carbocycles. The lowest BCUT2D eigenvalue weighted by Crippen LogP contribution is -2.31. The molecule has 1 saturated carbocycles. The molecule has 3 aromatic carbocycles. The van der Waals surface area contributed by atoms with E-state index in [-0.39, 0.29) is 35.9 Å². The highest BCUT2D eigenvalue weighted by atomic mass is 16.5. The van der Waals surface area contributed by atoms with Crippen molar-refractivity contribution in [3.63, 3.8) is 0 Å². The summed E-state index contributed by atoms with van der Waals surface area (Å²) in [6.45, 7) is 4.22. The fraction of sp³-hybridized carbons (Fsp3) is 0.436. The minimum Gasteiger partial charge on any atom is -0.381 e. The van der Waals surface area contributed by atoms with Gasteiger partial charge in [-0.3, -0.25) is 14.4 Å². The Morgan fingerprint density at radius 1 is 0.837 bits per heavy atom. The van der Waals surface area contributed by atoms with Gasteiger partial charge in [0.15, 0.2) is 12.5 Å². The molecule has 49 heavy (non-hydrogen) atoms. The number of hydrogen-bond acceptors (Lipinski definition) is 8. The highest BCUT2D eigenvalue weighted by Crippen LogP contribution is 2.32. The van der Waals surface area contributed by atoms with E-state index in [1.807, 2.05) is 67.6 Å². The van der Waals surface area contributed by atoms with Crippen LogP contribution >= 0.6 is 0 Å². The van der Waals surface area contributed by atoms with Crippen LogP contribution in [0, 0.1) is 30.6 Å². The van der Waals surface area contributed by atoms with E-state index in [9.17, 15) is 14.4 Å². The van der Waals surface area contributed by atoms with Crippen molar-refractivity contribution in [3.8, 4) is 11.1 Å². The van der Waals surface area contributed by atoms with E-state index in [0.29, 0.717) is 50.3 Å². The number of nitrogens with zero attached hydrogens (tertiary/aromatic N) is 3. The minimum absolute atomic E-state index is 0.0243. The first-order chi connectivity index (χ1) is 23.9. The summed E-state index contributed by atoms with van der Waals surface area (Å²) in [6.07, 6.45) is 5.69. The molecule has 3 aromatic rings. The summed E-state index contributed by atoms with van der Waals surface area (Å²) in [5.74, 6) is 0.492. The Bertz CT molecular complexity index is 1690. The molecule has 256 valence electrons. The fourth-order valence-corrected chi connectivity index (χ4v) is 6.96. The summed E-state index contributed by atoms with van der Waals surface area (Å²) in [7, 11) is 0. The normalized spacial score (nSPS) is 20.0. The SMILES string of the molecule is Cc1ccc(-c2ccc(C[C@H](CC(=O)C3CCC(CN)CC3)C(=O)Nc3ccc(C4=NCN=N4)cc3)cc2)cc1NC(=O)C1CCOCC1. The van der Waals surface area contributed by atoms with Crippen molar-refractivity contribution in [3.05, 3.63) is 83.4 Å². The van der Waals surface area contributed by atoms with Gasteiger partial charge in [0.2, 0.25) is 11.8 Å². The number of aliphatic imine (C=N–C) groups is 1. The number of amidine groups is 1. The lowest BCUT2D eigenvalue weighted by molar-refractivity contribution is -0.129. The monoisotopic (exact) mass is 662 g/mol. The zero-order valence-electron chi connectivity index (χ0n) is 28.2. The first kappa shape index (κ1) is 34.3. The smallest absolute Gasteiger partial charge is 0.228 e. The number of benzene rings is 3. The van der Waals surface area contributed by atoms with Crippen LogP contribution in [-0.2, 0) is 25.5 Å². The van der Waals surface area contributed by atoms with Gasteiger partial charge in [-0.25, -0.2) is 4.99 Å². The molecule has 0 bridgehead atoms. The van der Waals surface area contributed by atoms with Crippen LogP contribution in [0.2, 0.25) is 0 Å². The molecule has 2 heterocycles. The van der Waals surface area contributed by atoms with Gasteiger partial charge in [0.05, 0.1) is 0 Å². The predicted octanol–water partition coefficient (Wildman–Crippen LogP) is 6.72. The highest BCUT2D eigenvalue weighted by Gasteiger charge is 2.30. The summed E-state index contributed by atoms with van der Waals surface area (Å²) in [5, 5.41) is 14.1. The van der Waals surface area contributed by atoms with E-state index in [4.69, 9.17) is 10.5 Å². The molecule has 6 rings (SSSR count). The third-order valence-electron chi connectivity index (χ3n) is 10.2. The number of amides is 2. The third kappa shape index (κ3) is 8.93. The van der Waals surface area contributed by atoms with E-state index in [0.717, 1.165) is 72.0 Å². The van der Waals surface area contributed by atoms with E-state index in [2.05, 4.69) is 31.9 Å². The second-order valence-electron chi connectivity index (χ2n) is 13.6. The molecule has 2 fully saturated rings. The molecule has 1 saturated heterocycles. The van der Waals surface area contributed by atoms with Crippen molar-refractivity contribution in [2.24, 2.45) is 44.6 Å². The number of hydrogen-bond donors (Lipinski definition) is 3. The van der Waals surface area contributed by atoms with Crippen LogP contribution in [0.3, 0.4) is 0 Å². The number of rotatable bonds is 12. The summed E-state index contributed by atoms with van der Waals surface area (Å²) in [5.41, 5.74) is 12.2. The average Bonchev–Trinajstić information content (AvgIpc) is 3.69. The number of ketones is 1. The number of ether oxygens (including phenoxy) is 1. The van der Waals surface area contributed by atoms with E-state index < -0.39 is 5.92 Å². The van der Waals surface area contributed by atoms with Crippen LogP contribution < -0.4 is 16.4 Å². The second-order valence-corrected chi connectivity index (χ2v) is 13.6. The lowest BCUT2D eigenvalue weighted by atomic mass is 9.77. The largest absolute Gasteiger partial charge is 0.381 e. The van der Waals surface area contributed by atoms with E-state index >= 15 is 0 Å². The van der Waals surface area contributed by atoms with Crippen molar-refractivity contribution in [2.75, 3.05) is 37.1 Å². The van der Waals surface area contributed by atoms with Gasteiger partial charge in [0.25, 0.3) is 0 Å². The molecule has 1 atom stereocenters. The summed E-state index contributed by atoms with van der Waals surface area (Å²) < 4.78 is 5.42. The van der Waals surface area contributed by atoms with Crippen LogP contribution in [0.5, 0.6) is 0 Å². The Morgan fingerprint density at radius 2 is 1.53 bits per heavy atom. The molecule has 2 amide bonds. The summed E-state index contributed by atoms with van der Waals surface area (Å²) >= 11 is 0. The Hall–Kier alpha value is -4.54. The van der Waals surface area contributed by atoms with Gasteiger partial charge in [0, 0.05) is 54.3 Å². The maximum absolute atomic E-state index is 13.8. The Labute approximate surface area is 288 Å². The fourth-order valence-electron chi connectivity index (χ4n) is 6.96. The van der Waals surface area contributed by atoms with Gasteiger partial charge < -0.3 is 21.1 Å². The molecule has 10 nitrogen and oxygen atoms in total. The van der Waals surface area contributed by atoms with Crippen LogP contribution in [0.15, 0.2) is 82.0 Å². The standard InChI is InChI=1S/C39H46N6O4/c1-25-2-7-32(21-35(25)44-38(47)31-16-18-49-19-17-31)28-8-3-26(4-9-28)20-33(22-36(46)29-10-5-27(23-40)6-11-29)39(48)43-34-14-12-30(13-15-34)37-41-24-42-45-37/h2-4,7-9,12-15,21,27,29,31,33H,5-6,10-11,16-20,22-24,40H2,1H3,(H,43,48)(H,44,47)/t27?,29?,33-/m1/s1. The number of carbonyl (C=O) groups excluding carboxylic acids is 3. The van der Waals surface area contributed by atoms with Gasteiger partial charge in [-0.1, -0.05) is 36.4 Å². The first-order valence-electron chi connectivity index (χ1n) is 17.5. The first-order valence-corrected chi connectivity index (χ1v) is 17.5. The molecule has 0 aromatic heterocycles. The zero-order valence-corrected chi connectivity index (χ0v) is 28.2. The van der Waals surface area contributed by atoms with Crippen molar-refractivity contribution < 1.29 is 19.1 Å². The molecule has 2 aliphatic heterocycles. The molecule has 4 N–H and O–H groups in total. The lowest BCUT2D eigenvalue weighted by Gasteiger charge is -2.27. The molecule has 10 heteroatoms. The highest BCUT2D eigenvalue weighted by molar-refractivity contribution is 6.01. The number of aryl methyl sites for hydroxylation is 1. The van der Waals surface area contributed by atoms with Gasteiger partial charge in [0.1, 0.15) is 5.78 Å².